The Kier molecular flexibility index (Phi) is 6.58. The molecule has 2 amide bonds. The van der Waals surface area contributed by atoms with E-state index in [1.54, 1.807) is 23.1 Å². The molecule has 0 saturated carbocycles. The van der Waals surface area contributed by atoms with Crippen molar-refractivity contribution in [2.45, 2.75) is 25.7 Å². The summed E-state index contributed by atoms with van der Waals surface area (Å²) >= 11 is 0. The number of allylic oxidation sites excluding steroid dienone is 1. The van der Waals surface area contributed by atoms with E-state index in [9.17, 15) is 14.0 Å². The molecule has 0 bridgehead atoms. The van der Waals surface area contributed by atoms with E-state index in [-0.39, 0.29) is 23.5 Å². The number of piperidine rings is 1. The molecule has 2 aromatic rings. The molecule has 1 fully saturated rings. The van der Waals surface area contributed by atoms with Gasteiger partial charge in [-0.1, -0.05) is 30.3 Å². The highest BCUT2D eigenvalue weighted by atomic mass is 19.1. The lowest BCUT2D eigenvalue weighted by molar-refractivity contribution is -0.134. The normalized spacial score (nSPS) is 16.5. The number of rotatable bonds is 6. The maximum absolute atomic E-state index is 13.1. The summed E-state index contributed by atoms with van der Waals surface area (Å²) in [6.45, 7) is 4.81. The first kappa shape index (κ1) is 19.8. The maximum atomic E-state index is 13.1. The first-order valence-electron chi connectivity index (χ1n) is 9.62. The summed E-state index contributed by atoms with van der Waals surface area (Å²) in [6, 6.07) is 13.8. The number of likely N-dealkylation sites (tertiary alicyclic amines) is 1. The number of hydrogen-bond acceptors (Lipinski definition) is 2. The number of carbonyl (C=O) groups excluding carboxylic acids is 2. The third kappa shape index (κ3) is 5.06. The minimum atomic E-state index is -0.280. The summed E-state index contributed by atoms with van der Waals surface area (Å²) in [5.74, 6) is -0.484. The van der Waals surface area contributed by atoms with Crippen LogP contribution in [0, 0.1) is 11.7 Å². The van der Waals surface area contributed by atoms with Crippen molar-refractivity contribution in [2.24, 2.45) is 5.92 Å². The molecule has 1 atom stereocenters. The number of hydrogen-bond donors (Lipinski definition) is 1. The quantitative estimate of drug-likeness (QED) is 0.743. The van der Waals surface area contributed by atoms with Crippen LogP contribution in [0.2, 0.25) is 0 Å². The lowest BCUT2D eigenvalue weighted by Gasteiger charge is -2.32. The van der Waals surface area contributed by atoms with Gasteiger partial charge in [-0.3, -0.25) is 9.59 Å². The molecule has 1 saturated heterocycles. The summed E-state index contributed by atoms with van der Waals surface area (Å²) in [5, 5.41) is 2.97. The van der Waals surface area contributed by atoms with Crippen molar-refractivity contribution < 1.29 is 14.0 Å². The van der Waals surface area contributed by atoms with Crippen LogP contribution in [0.1, 0.15) is 25.7 Å². The van der Waals surface area contributed by atoms with Crippen LogP contribution in [0.25, 0.3) is 11.1 Å². The van der Waals surface area contributed by atoms with Crippen molar-refractivity contribution in [2.75, 3.05) is 18.4 Å². The van der Waals surface area contributed by atoms with Gasteiger partial charge in [0.25, 0.3) is 0 Å². The Bertz CT molecular complexity index is 848. The molecule has 146 valence electrons. The van der Waals surface area contributed by atoms with Crippen LogP contribution >= 0.6 is 0 Å². The SMILES string of the molecule is C=CCCC(=O)N1CCC[C@H](C(=O)Nc2cccc(-c3ccc(F)cc3)c2)C1. The number of halogens is 1. The average molecular weight is 380 g/mol. The van der Waals surface area contributed by atoms with E-state index in [1.807, 2.05) is 24.3 Å². The Hall–Kier alpha value is -2.95. The first-order valence-corrected chi connectivity index (χ1v) is 9.62. The Morgan fingerprint density at radius 3 is 2.71 bits per heavy atom. The van der Waals surface area contributed by atoms with Crippen molar-refractivity contribution in [1.29, 1.82) is 0 Å². The van der Waals surface area contributed by atoms with Crippen molar-refractivity contribution in [1.82, 2.24) is 4.90 Å². The van der Waals surface area contributed by atoms with Gasteiger partial charge in [0.15, 0.2) is 0 Å². The van der Waals surface area contributed by atoms with Gasteiger partial charge in [0, 0.05) is 25.2 Å². The summed E-state index contributed by atoms with van der Waals surface area (Å²) in [4.78, 5) is 26.7. The van der Waals surface area contributed by atoms with Gasteiger partial charge in [-0.2, -0.15) is 0 Å². The van der Waals surface area contributed by atoms with E-state index in [4.69, 9.17) is 0 Å². The molecule has 3 rings (SSSR count). The van der Waals surface area contributed by atoms with Crippen LogP contribution in [0.3, 0.4) is 0 Å². The van der Waals surface area contributed by atoms with E-state index in [2.05, 4.69) is 11.9 Å². The number of nitrogens with one attached hydrogen (secondary N) is 1. The largest absolute Gasteiger partial charge is 0.342 e. The lowest BCUT2D eigenvalue weighted by atomic mass is 9.96. The topological polar surface area (TPSA) is 49.4 Å². The fraction of sp³-hybridized carbons (Fsp3) is 0.304. The Labute approximate surface area is 165 Å². The van der Waals surface area contributed by atoms with Crippen LogP contribution in [0.4, 0.5) is 10.1 Å². The van der Waals surface area contributed by atoms with E-state index in [0.717, 1.165) is 24.0 Å². The first-order chi connectivity index (χ1) is 13.6. The molecule has 2 aromatic carbocycles. The van der Waals surface area contributed by atoms with Crippen LogP contribution in [-0.4, -0.2) is 29.8 Å². The molecular formula is C23H25FN2O2. The summed E-state index contributed by atoms with van der Waals surface area (Å²) < 4.78 is 13.1. The molecule has 1 N–H and O–H groups in total. The van der Waals surface area contributed by atoms with E-state index in [1.165, 1.54) is 12.1 Å². The predicted molar refractivity (Wildman–Crippen MR) is 109 cm³/mol. The Morgan fingerprint density at radius 2 is 1.96 bits per heavy atom. The zero-order valence-electron chi connectivity index (χ0n) is 15.9. The van der Waals surface area contributed by atoms with Gasteiger partial charge in [-0.15, -0.1) is 6.58 Å². The average Bonchev–Trinajstić information content (AvgIpc) is 2.73. The molecule has 28 heavy (non-hydrogen) atoms. The minimum Gasteiger partial charge on any atom is -0.342 e. The van der Waals surface area contributed by atoms with Crippen LogP contribution < -0.4 is 5.32 Å². The number of nitrogens with zero attached hydrogens (tertiary/aromatic N) is 1. The minimum absolute atomic E-state index is 0.0718. The number of amides is 2. The van der Waals surface area contributed by atoms with Gasteiger partial charge < -0.3 is 10.2 Å². The van der Waals surface area contributed by atoms with Gasteiger partial charge in [-0.25, -0.2) is 4.39 Å². The highest BCUT2D eigenvalue weighted by Crippen LogP contribution is 2.24. The maximum Gasteiger partial charge on any atom is 0.229 e. The molecule has 1 aliphatic rings. The summed E-state index contributed by atoms with van der Waals surface area (Å²) in [7, 11) is 0. The molecule has 0 radical (unpaired) electrons. The van der Waals surface area contributed by atoms with Gasteiger partial charge in [0.1, 0.15) is 5.82 Å². The zero-order valence-corrected chi connectivity index (χ0v) is 15.9. The van der Waals surface area contributed by atoms with Crippen molar-refractivity contribution in [3.63, 3.8) is 0 Å². The third-order valence-electron chi connectivity index (χ3n) is 5.01. The monoisotopic (exact) mass is 380 g/mol. The Morgan fingerprint density at radius 1 is 1.18 bits per heavy atom. The highest BCUT2D eigenvalue weighted by Gasteiger charge is 2.28. The van der Waals surface area contributed by atoms with Gasteiger partial charge >= 0.3 is 0 Å². The van der Waals surface area contributed by atoms with Crippen molar-refractivity contribution >= 4 is 17.5 Å². The molecule has 1 aliphatic heterocycles. The second-order valence-electron chi connectivity index (χ2n) is 7.08. The predicted octanol–water partition coefficient (Wildman–Crippen LogP) is 4.64. The van der Waals surface area contributed by atoms with Crippen molar-refractivity contribution in [3.8, 4) is 11.1 Å². The van der Waals surface area contributed by atoms with E-state index >= 15 is 0 Å². The number of carbonyl (C=O) groups is 2. The highest BCUT2D eigenvalue weighted by molar-refractivity contribution is 5.93. The van der Waals surface area contributed by atoms with Gasteiger partial charge in [-0.05, 0) is 54.7 Å². The van der Waals surface area contributed by atoms with E-state index in [0.29, 0.717) is 31.6 Å². The van der Waals surface area contributed by atoms with Crippen molar-refractivity contribution in [3.05, 3.63) is 67.0 Å². The third-order valence-corrected chi connectivity index (χ3v) is 5.01. The lowest BCUT2D eigenvalue weighted by Crippen LogP contribution is -2.43. The summed E-state index contributed by atoms with van der Waals surface area (Å²) in [5.41, 5.74) is 2.48. The second-order valence-corrected chi connectivity index (χ2v) is 7.08. The fourth-order valence-corrected chi connectivity index (χ4v) is 3.46. The smallest absolute Gasteiger partial charge is 0.229 e. The molecule has 4 nitrogen and oxygen atoms in total. The molecule has 0 aromatic heterocycles. The van der Waals surface area contributed by atoms with Crippen LogP contribution in [-0.2, 0) is 9.59 Å². The molecular weight excluding hydrogens is 355 g/mol. The Balaban J connectivity index is 1.64. The number of anilines is 1. The van der Waals surface area contributed by atoms with Gasteiger partial charge in [0.05, 0.1) is 5.92 Å². The fourth-order valence-electron chi connectivity index (χ4n) is 3.46. The molecule has 1 heterocycles. The molecule has 0 aliphatic carbocycles. The van der Waals surface area contributed by atoms with E-state index < -0.39 is 0 Å². The van der Waals surface area contributed by atoms with Crippen LogP contribution in [0.5, 0.6) is 0 Å². The summed E-state index contributed by atoms with van der Waals surface area (Å²) in [6.07, 6.45) is 4.43. The second kappa shape index (κ2) is 9.31. The molecule has 0 unspecified atom stereocenters. The zero-order chi connectivity index (χ0) is 19.9. The van der Waals surface area contributed by atoms with Gasteiger partial charge in [0.2, 0.25) is 11.8 Å². The number of benzene rings is 2. The molecule has 5 heteroatoms. The van der Waals surface area contributed by atoms with Crippen LogP contribution in [0.15, 0.2) is 61.2 Å². The standard InChI is InChI=1S/C23H25FN2O2/c1-2-3-9-22(27)26-14-5-7-19(16-26)23(28)25-21-8-4-6-18(15-21)17-10-12-20(24)13-11-17/h2,4,6,8,10-13,15,19H,1,3,5,7,9,14,16H2,(H,25,28)/t19-/m0/s1. The molecule has 0 spiro atoms.